The number of urea groups is 1. The number of Topliss-reactive ketones (excluding diaryl/α,β-unsaturated/α-hetero) is 1. The second-order valence-corrected chi connectivity index (χ2v) is 32.1. The van der Waals surface area contributed by atoms with E-state index < -0.39 is 180 Å². The highest BCUT2D eigenvalue weighted by molar-refractivity contribution is 6.02. The van der Waals surface area contributed by atoms with Crippen molar-refractivity contribution in [2.75, 3.05) is 95.9 Å². The predicted octanol–water partition coefficient (Wildman–Crippen LogP) is 2.21. The summed E-state index contributed by atoms with van der Waals surface area (Å²) in [5.41, 5.74) is 1.85. The van der Waals surface area contributed by atoms with E-state index in [1.54, 1.807) is 25.7 Å². The van der Waals surface area contributed by atoms with Crippen LogP contribution >= 0.6 is 0 Å². The van der Waals surface area contributed by atoms with Gasteiger partial charge in [-0.2, -0.15) is 0 Å². The van der Waals surface area contributed by atoms with E-state index in [9.17, 15) is 78.3 Å². The first-order chi connectivity index (χ1) is 58.3. The number of fused-ring (bicyclic) bond motifs is 9. The number of benzene rings is 3. The van der Waals surface area contributed by atoms with Crippen LogP contribution in [0, 0.1) is 40.4 Å². The number of aliphatic hydroxyl groups excluding tert-OH is 6. The molecule has 122 heavy (non-hydrogen) atoms. The highest BCUT2D eigenvalue weighted by Crippen LogP contribution is 2.72. The predicted molar refractivity (Wildman–Crippen MR) is 435 cm³/mol. The first-order valence-corrected chi connectivity index (χ1v) is 41.5. The van der Waals surface area contributed by atoms with E-state index in [2.05, 4.69) is 54.4 Å². The Labute approximate surface area is 706 Å². The monoisotopic (exact) mass is 1710 g/mol. The lowest BCUT2D eigenvalue weighted by Gasteiger charge is -2.63. The minimum absolute atomic E-state index is 0.00506. The lowest BCUT2D eigenvalue weighted by Crippen LogP contribution is -2.71. The lowest BCUT2D eigenvalue weighted by atomic mass is 9.44. The largest absolute Gasteiger partial charge is 0.445 e. The van der Waals surface area contributed by atoms with Gasteiger partial charge in [0, 0.05) is 78.9 Å². The number of halogens is 2. The van der Waals surface area contributed by atoms with Gasteiger partial charge in [-0.25, -0.2) is 18.4 Å². The fraction of sp³-hybridized carbons (Fsp3) is 0.593. The zero-order chi connectivity index (χ0) is 88.5. The second kappa shape index (κ2) is 45.1. The fourth-order valence-electron chi connectivity index (χ4n) is 17.0. The summed E-state index contributed by atoms with van der Waals surface area (Å²) in [7, 11) is 0. The molecule has 9 rings (SSSR count). The Morgan fingerprint density at radius 1 is 0.689 bits per heavy atom. The SMILES string of the molecule is CCCC1O[C@@H]2C[C@H]3[C@@H]4C[C@H](F)C5=CC(=O)C=C[C@]5(C)[C@@]4(F)[C@@H](O)C[C@]3(C)[C@]2(C(=O)CNC(=O)OCc2ccc(NC(=O)[C@H](CCCNC(N)=O)NC(=O)[C@@H](NC(=O)[C@@H](CCCC(=O)NC[C@H](O)[C@@H](O)[C@H](O)[C@H](O)CO)NC(=O)CCOCCOCCOCCOCCNC(=O)CCC(=O)N3Cc4ccccc4C#Cc4ccccc43)C(C)C)cc2)O1. The molecule has 17 atom stereocenters. The summed E-state index contributed by atoms with van der Waals surface area (Å²) in [5.74, 6) is -1.56. The Kier molecular flexibility index (Phi) is 35.5. The van der Waals surface area contributed by atoms with Crippen molar-refractivity contribution in [3.05, 3.63) is 119 Å². The molecule has 6 aliphatic rings. The van der Waals surface area contributed by atoms with Crippen LogP contribution in [-0.4, -0.2) is 260 Å². The molecule has 1 unspecified atom stereocenters. The Hall–Kier alpha value is -9.75. The number of nitrogens with zero attached hydrogens (tertiary/aromatic N) is 1. The molecule has 10 amide bonds. The molecule has 4 fully saturated rings. The molecule has 0 radical (unpaired) electrons. The number of amides is 10. The zero-order valence-corrected chi connectivity index (χ0v) is 69.4. The van der Waals surface area contributed by atoms with Gasteiger partial charge < -0.3 is 117 Å². The quantitative estimate of drug-likeness (QED) is 0.0285. The summed E-state index contributed by atoms with van der Waals surface area (Å²) >= 11 is 0. The molecule has 0 spiro atoms. The number of alkyl halides is 2. The fourth-order valence-corrected chi connectivity index (χ4v) is 17.0. The number of carbonyl (C=O) groups excluding carboxylic acids is 11. The third-order valence-corrected chi connectivity index (χ3v) is 23.5. The topological polar surface area (TPSA) is 499 Å². The van der Waals surface area contributed by atoms with Crippen LogP contribution in [0.2, 0.25) is 0 Å². The summed E-state index contributed by atoms with van der Waals surface area (Å²) in [6.45, 7) is 7.53. The number of hydrogen-bond acceptors (Lipinski definition) is 24. The molecule has 36 heteroatoms. The highest BCUT2D eigenvalue weighted by Gasteiger charge is 2.80. The van der Waals surface area contributed by atoms with E-state index in [1.165, 1.54) is 43.3 Å². The number of para-hydroxylation sites is 1. The number of hydrogen-bond donors (Lipinski definition) is 15. The number of primary amides is 1. The first kappa shape index (κ1) is 96.1. The number of rotatable bonds is 47. The standard InChI is InChI=1S/C86H116F2N10O24/c1-6-13-74-121-69-44-58-59-43-61(87)60-42-57(100)29-31-83(60,4)85(59,88)67(103)45-84(58,5)86(69,122-74)68(104)47-93-82(115)120-50-52-21-25-56(26-22-52)94-78(111)63(18-12-32-91-81(89)114)96-80(113)75(51(2)3)97-79(112)62(17-11-20-70(105)92-46-65(101)76(109)77(110)66(102)49-99)95-72(107)30-34-116-36-38-118-40-41-119-39-37-117-35-33-90-71(106)27-28-73(108)98-48-55-16-8-7-14-53(55)23-24-54-15-9-10-19-64(54)98/h7-10,14-16,19,21-22,25-26,29,31,42,51,58-59,61-63,65-67,69,74-77,99,101-103,109-110H,6,11-13,17-18,20,27-28,30,32-41,43-50H2,1-5H3,(H,90,106)(H,92,105)(H,93,115)(H,94,111)(H,95,107)(H,96,113)(H,97,112)(H3,89,91,114)/t58-,59-,61-,62+,63-,65-,66+,67-,69+,74?,75-,76+,77+,83-,84-,85-,86+/m0/s1. The van der Waals surface area contributed by atoms with Crippen molar-refractivity contribution in [2.45, 2.75) is 210 Å². The van der Waals surface area contributed by atoms with Crippen molar-refractivity contribution in [3.8, 4) is 11.8 Å². The summed E-state index contributed by atoms with van der Waals surface area (Å²) in [5, 5.41) is 82.2. The van der Waals surface area contributed by atoms with Crippen molar-refractivity contribution in [3.63, 3.8) is 0 Å². The minimum atomic E-state index is -2.43. The van der Waals surface area contributed by atoms with E-state index in [-0.39, 0.29) is 166 Å². The van der Waals surface area contributed by atoms with Crippen LogP contribution in [0.25, 0.3) is 0 Å². The molecule has 4 aliphatic carbocycles. The van der Waals surface area contributed by atoms with Gasteiger partial charge in [0.25, 0.3) is 0 Å². The zero-order valence-electron chi connectivity index (χ0n) is 69.4. The molecule has 668 valence electrons. The molecule has 3 aromatic carbocycles. The van der Waals surface area contributed by atoms with Crippen LogP contribution in [0.1, 0.15) is 140 Å². The van der Waals surface area contributed by atoms with Crippen molar-refractivity contribution >= 4 is 76.4 Å². The third-order valence-electron chi connectivity index (χ3n) is 23.5. The third kappa shape index (κ3) is 24.2. The molecule has 34 nitrogen and oxygen atoms in total. The van der Waals surface area contributed by atoms with Gasteiger partial charge in [0.05, 0.1) is 96.6 Å². The maximum atomic E-state index is 18.0. The Morgan fingerprint density at radius 2 is 1.33 bits per heavy atom. The first-order valence-electron chi connectivity index (χ1n) is 41.5. The van der Waals surface area contributed by atoms with Gasteiger partial charge >= 0.3 is 12.1 Å². The number of aliphatic hydroxyl groups is 6. The molecular formula is C86H116F2N10O24. The minimum Gasteiger partial charge on any atom is -0.445 e. The number of nitrogens with two attached hydrogens (primary N) is 1. The van der Waals surface area contributed by atoms with E-state index in [0.29, 0.717) is 30.6 Å². The van der Waals surface area contributed by atoms with Gasteiger partial charge in [-0.05, 0) is 129 Å². The van der Waals surface area contributed by atoms with Gasteiger partial charge in [-0.15, -0.1) is 0 Å². The number of carbonyl (C=O) groups is 11. The average molecular weight is 1710 g/mol. The van der Waals surface area contributed by atoms with Gasteiger partial charge in [-0.3, -0.25) is 43.2 Å². The molecule has 1 saturated heterocycles. The van der Waals surface area contributed by atoms with Crippen molar-refractivity contribution in [1.82, 2.24) is 37.2 Å². The second-order valence-electron chi connectivity index (χ2n) is 32.1. The maximum absolute atomic E-state index is 18.0. The number of ketones is 2. The summed E-state index contributed by atoms with van der Waals surface area (Å²) < 4.78 is 75.1. The molecule has 2 aliphatic heterocycles. The van der Waals surface area contributed by atoms with Crippen molar-refractivity contribution in [2.24, 2.45) is 34.3 Å². The molecular weight excluding hydrogens is 1590 g/mol. The van der Waals surface area contributed by atoms with E-state index >= 15 is 8.78 Å². The highest BCUT2D eigenvalue weighted by atomic mass is 19.1. The van der Waals surface area contributed by atoms with Crippen molar-refractivity contribution < 1.29 is 125 Å². The van der Waals surface area contributed by atoms with E-state index in [1.807, 2.05) is 55.5 Å². The van der Waals surface area contributed by atoms with Gasteiger partial charge in [0.2, 0.25) is 41.4 Å². The lowest BCUT2D eigenvalue weighted by molar-refractivity contribution is -0.233. The van der Waals surface area contributed by atoms with Gasteiger partial charge in [0.1, 0.15) is 49.2 Å². The Bertz CT molecular complexity index is 4280. The van der Waals surface area contributed by atoms with Gasteiger partial charge in [0.15, 0.2) is 29.1 Å². The van der Waals surface area contributed by atoms with E-state index in [0.717, 1.165) is 22.8 Å². The van der Waals surface area contributed by atoms with Crippen LogP contribution in [0.3, 0.4) is 0 Å². The summed E-state index contributed by atoms with van der Waals surface area (Å²) in [4.78, 5) is 149. The number of allylic oxidation sites excluding steroid dienone is 4. The Morgan fingerprint density at radius 3 is 2.02 bits per heavy atom. The summed E-state index contributed by atoms with van der Waals surface area (Å²) in [6, 6.07) is 16.1. The molecule has 2 heterocycles. The van der Waals surface area contributed by atoms with Gasteiger partial charge in [-0.1, -0.05) is 94.5 Å². The molecule has 3 saturated carbocycles. The molecule has 0 bridgehead atoms. The Balaban J connectivity index is 0.715. The van der Waals surface area contributed by atoms with Crippen molar-refractivity contribution in [1.29, 1.82) is 0 Å². The smallest absolute Gasteiger partial charge is 0.407 e. The van der Waals surface area contributed by atoms with Crippen LogP contribution in [-0.2, 0) is 89.5 Å². The normalized spacial score (nSPS) is 24.5. The molecule has 0 aromatic heterocycles. The molecule has 3 aromatic rings. The number of anilines is 2. The number of alkyl carbamates (subject to hydrolysis) is 1. The maximum Gasteiger partial charge on any atom is 0.407 e. The molecule has 16 N–H and O–H groups in total. The average Bonchev–Trinajstić information content (AvgIpc) is 1.47. The van der Waals surface area contributed by atoms with Crippen LogP contribution in [0.15, 0.2) is 96.6 Å². The van der Waals surface area contributed by atoms with E-state index in [4.69, 9.17) is 44.0 Å². The number of nitrogens with one attached hydrogen (secondary N) is 8. The van der Waals surface area contributed by atoms with Crippen LogP contribution in [0.5, 0.6) is 0 Å². The van der Waals surface area contributed by atoms with Crippen LogP contribution < -0.4 is 53.2 Å². The van der Waals surface area contributed by atoms with Crippen LogP contribution in [0.4, 0.5) is 29.7 Å². The summed E-state index contributed by atoms with van der Waals surface area (Å²) in [6.07, 6.45) is -10.5. The number of ether oxygens (including phenoxy) is 7.